The molecular formula is C16H21N. The average molecular weight is 227 g/mol. The van der Waals surface area contributed by atoms with E-state index in [4.69, 9.17) is 0 Å². The Morgan fingerprint density at radius 2 is 2.00 bits per heavy atom. The standard InChI is InChI=1S/C16H21N/c1-16-13-8-4-2-6-11(13)10-15(17-16)12-7-3-5-9-14(12)16/h2,4,6,8,12,14-15,17H,3,5,7,9-10H2,1H3. The van der Waals surface area contributed by atoms with E-state index in [1.54, 1.807) is 11.1 Å². The lowest BCUT2D eigenvalue weighted by atomic mass is 9.70. The summed E-state index contributed by atoms with van der Waals surface area (Å²) < 4.78 is 0. The molecule has 1 nitrogen and oxygen atoms in total. The Hall–Kier alpha value is -0.820. The molecule has 1 aromatic carbocycles. The second kappa shape index (κ2) is 3.35. The van der Waals surface area contributed by atoms with Crippen molar-refractivity contribution in [1.82, 2.24) is 5.32 Å². The van der Waals surface area contributed by atoms with Crippen LogP contribution in [0.4, 0.5) is 0 Å². The lowest BCUT2D eigenvalue weighted by Crippen LogP contribution is -2.46. The normalized spacial score (nSPS) is 43.0. The van der Waals surface area contributed by atoms with Crippen LogP contribution in [0, 0.1) is 11.8 Å². The van der Waals surface area contributed by atoms with Crippen molar-refractivity contribution in [3.8, 4) is 0 Å². The molecule has 1 saturated heterocycles. The van der Waals surface area contributed by atoms with Gasteiger partial charge in [-0.15, -0.1) is 0 Å². The highest BCUT2D eigenvalue weighted by atomic mass is 15.1. The minimum absolute atomic E-state index is 0.268. The number of hydrogen-bond acceptors (Lipinski definition) is 1. The van der Waals surface area contributed by atoms with Crippen LogP contribution in [0.25, 0.3) is 0 Å². The van der Waals surface area contributed by atoms with E-state index < -0.39 is 0 Å². The first kappa shape index (κ1) is 10.1. The first-order valence-corrected chi connectivity index (χ1v) is 7.15. The van der Waals surface area contributed by atoms with Gasteiger partial charge in [-0.05, 0) is 49.1 Å². The smallest absolute Gasteiger partial charge is 0.0442 e. The van der Waals surface area contributed by atoms with Gasteiger partial charge in [0.2, 0.25) is 0 Å². The van der Waals surface area contributed by atoms with E-state index in [1.807, 2.05) is 0 Å². The van der Waals surface area contributed by atoms with Crippen LogP contribution in [0.5, 0.6) is 0 Å². The van der Waals surface area contributed by atoms with Crippen LogP contribution in [-0.4, -0.2) is 6.04 Å². The van der Waals surface area contributed by atoms with E-state index >= 15 is 0 Å². The Morgan fingerprint density at radius 1 is 1.18 bits per heavy atom. The molecule has 1 aromatic rings. The van der Waals surface area contributed by atoms with Crippen LogP contribution in [0.1, 0.15) is 43.7 Å². The Bertz CT molecular complexity index is 453. The number of nitrogens with one attached hydrogen (secondary N) is 1. The summed E-state index contributed by atoms with van der Waals surface area (Å²) in [5.41, 5.74) is 3.46. The third-order valence-corrected chi connectivity index (χ3v) is 5.58. The second-order valence-electron chi connectivity index (χ2n) is 6.37. The maximum atomic E-state index is 3.96. The van der Waals surface area contributed by atoms with Gasteiger partial charge in [-0.1, -0.05) is 37.1 Å². The van der Waals surface area contributed by atoms with E-state index in [2.05, 4.69) is 36.5 Å². The molecule has 1 aliphatic carbocycles. The van der Waals surface area contributed by atoms with Crippen molar-refractivity contribution in [3.05, 3.63) is 35.4 Å². The van der Waals surface area contributed by atoms with E-state index in [9.17, 15) is 0 Å². The molecule has 1 N–H and O–H groups in total. The van der Waals surface area contributed by atoms with Crippen molar-refractivity contribution in [2.24, 2.45) is 11.8 Å². The predicted octanol–water partition coefficient (Wildman–Crippen LogP) is 3.24. The molecule has 0 radical (unpaired) electrons. The molecule has 4 unspecified atom stereocenters. The molecule has 4 atom stereocenters. The molecule has 0 amide bonds. The Balaban J connectivity index is 1.86. The van der Waals surface area contributed by atoms with Crippen molar-refractivity contribution in [3.63, 3.8) is 0 Å². The molecule has 17 heavy (non-hydrogen) atoms. The van der Waals surface area contributed by atoms with E-state index in [-0.39, 0.29) is 5.54 Å². The molecule has 90 valence electrons. The third kappa shape index (κ3) is 1.24. The zero-order chi connectivity index (χ0) is 11.5. The van der Waals surface area contributed by atoms with Crippen molar-refractivity contribution in [2.75, 3.05) is 0 Å². The summed E-state index contributed by atoms with van der Waals surface area (Å²) in [6, 6.07) is 9.87. The molecule has 0 spiro atoms. The predicted molar refractivity (Wildman–Crippen MR) is 69.9 cm³/mol. The first-order chi connectivity index (χ1) is 8.29. The van der Waals surface area contributed by atoms with Crippen LogP contribution >= 0.6 is 0 Å². The van der Waals surface area contributed by atoms with Gasteiger partial charge in [0.15, 0.2) is 0 Å². The van der Waals surface area contributed by atoms with Gasteiger partial charge >= 0.3 is 0 Å². The molecule has 1 heteroatoms. The summed E-state index contributed by atoms with van der Waals surface area (Å²) in [6.45, 7) is 2.45. The fourth-order valence-electron chi connectivity index (χ4n) is 4.88. The zero-order valence-corrected chi connectivity index (χ0v) is 10.6. The van der Waals surface area contributed by atoms with Crippen molar-refractivity contribution in [1.29, 1.82) is 0 Å². The molecular weight excluding hydrogens is 206 g/mol. The summed E-state index contributed by atoms with van der Waals surface area (Å²) in [7, 11) is 0. The summed E-state index contributed by atoms with van der Waals surface area (Å²) in [5, 5.41) is 3.96. The largest absolute Gasteiger partial charge is 0.304 e. The number of rotatable bonds is 0. The highest BCUT2D eigenvalue weighted by Gasteiger charge is 2.54. The minimum atomic E-state index is 0.268. The molecule has 2 fully saturated rings. The van der Waals surface area contributed by atoms with E-state index in [1.165, 1.54) is 32.1 Å². The molecule has 1 saturated carbocycles. The number of fused-ring (bicyclic) bond motifs is 7. The van der Waals surface area contributed by atoms with Crippen molar-refractivity contribution < 1.29 is 0 Å². The Morgan fingerprint density at radius 3 is 2.94 bits per heavy atom. The lowest BCUT2D eigenvalue weighted by Gasteiger charge is -2.38. The second-order valence-corrected chi connectivity index (χ2v) is 6.37. The molecule has 2 aliphatic heterocycles. The van der Waals surface area contributed by atoms with Crippen molar-refractivity contribution >= 4 is 0 Å². The van der Waals surface area contributed by atoms with Crippen LogP contribution in [0.15, 0.2) is 24.3 Å². The molecule has 2 heterocycles. The lowest BCUT2D eigenvalue weighted by molar-refractivity contribution is 0.203. The molecule has 3 aliphatic rings. The number of benzene rings is 1. The summed E-state index contributed by atoms with van der Waals surface area (Å²) >= 11 is 0. The van der Waals surface area contributed by atoms with Crippen LogP contribution in [0.3, 0.4) is 0 Å². The Kier molecular flexibility index (Phi) is 2.00. The van der Waals surface area contributed by atoms with E-state index in [0.29, 0.717) is 0 Å². The van der Waals surface area contributed by atoms with Crippen LogP contribution in [0.2, 0.25) is 0 Å². The monoisotopic (exact) mass is 227 g/mol. The topological polar surface area (TPSA) is 12.0 Å². The highest BCUT2D eigenvalue weighted by molar-refractivity contribution is 5.40. The van der Waals surface area contributed by atoms with Crippen LogP contribution in [-0.2, 0) is 12.0 Å². The van der Waals surface area contributed by atoms with Gasteiger partial charge < -0.3 is 5.32 Å². The van der Waals surface area contributed by atoms with Gasteiger partial charge in [0, 0.05) is 11.6 Å². The van der Waals surface area contributed by atoms with Gasteiger partial charge in [0.25, 0.3) is 0 Å². The van der Waals surface area contributed by atoms with Gasteiger partial charge in [-0.2, -0.15) is 0 Å². The fraction of sp³-hybridized carbons (Fsp3) is 0.625. The molecule has 4 rings (SSSR count). The van der Waals surface area contributed by atoms with Gasteiger partial charge in [0.05, 0.1) is 0 Å². The van der Waals surface area contributed by atoms with E-state index in [0.717, 1.165) is 17.9 Å². The van der Waals surface area contributed by atoms with Gasteiger partial charge in [-0.3, -0.25) is 0 Å². The van der Waals surface area contributed by atoms with Gasteiger partial charge in [-0.25, -0.2) is 0 Å². The quantitative estimate of drug-likeness (QED) is 0.717. The Labute approximate surface area is 104 Å². The zero-order valence-electron chi connectivity index (χ0n) is 10.6. The van der Waals surface area contributed by atoms with Crippen LogP contribution < -0.4 is 5.32 Å². The maximum Gasteiger partial charge on any atom is 0.0442 e. The summed E-state index contributed by atoms with van der Waals surface area (Å²) in [5.74, 6) is 1.81. The molecule has 0 aromatic heterocycles. The fourth-order valence-corrected chi connectivity index (χ4v) is 4.88. The average Bonchev–Trinajstić information content (AvgIpc) is 2.61. The summed E-state index contributed by atoms with van der Waals surface area (Å²) in [4.78, 5) is 0. The highest BCUT2D eigenvalue weighted by Crippen LogP contribution is 2.53. The SMILES string of the molecule is CC12NC(Cc3ccccc31)C1CCCCC12. The van der Waals surface area contributed by atoms with Gasteiger partial charge in [0.1, 0.15) is 0 Å². The molecule has 2 bridgehead atoms. The first-order valence-electron chi connectivity index (χ1n) is 7.15. The third-order valence-electron chi connectivity index (χ3n) is 5.58. The number of hydrogen-bond donors (Lipinski definition) is 1. The maximum absolute atomic E-state index is 3.96. The minimum Gasteiger partial charge on any atom is -0.304 e. The van der Waals surface area contributed by atoms with Crippen molar-refractivity contribution in [2.45, 2.75) is 50.6 Å². The summed E-state index contributed by atoms with van der Waals surface area (Å²) in [6.07, 6.45) is 7.02.